The summed E-state index contributed by atoms with van der Waals surface area (Å²) in [6.07, 6.45) is 2.56. The van der Waals surface area contributed by atoms with Crippen LogP contribution in [-0.4, -0.2) is 17.9 Å². The highest BCUT2D eigenvalue weighted by molar-refractivity contribution is 5.85. The van der Waals surface area contributed by atoms with Gasteiger partial charge in [-0.1, -0.05) is 25.1 Å². The molecule has 4 nitrogen and oxygen atoms in total. The summed E-state index contributed by atoms with van der Waals surface area (Å²) in [6, 6.07) is 22.3. The minimum Gasteiger partial charge on any atom is -0.507 e. The van der Waals surface area contributed by atoms with Gasteiger partial charge in [-0.25, -0.2) is 0 Å². The summed E-state index contributed by atoms with van der Waals surface area (Å²) in [5.41, 5.74) is 1.41. The number of ether oxygens (including phenoxy) is 2. The molecule has 0 atom stereocenters. The molecule has 26 heavy (non-hydrogen) atoms. The fourth-order valence-corrected chi connectivity index (χ4v) is 2.31. The average molecular weight is 347 g/mol. The Balaban J connectivity index is 1.65. The third kappa shape index (κ3) is 4.86. The van der Waals surface area contributed by atoms with Crippen molar-refractivity contribution >= 4 is 11.9 Å². The van der Waals surface area contributed by atoms with Gasteiger partial charge in [0.25, 0.3) is 0 Å². The van der Waals surface area contributed by atoms with Crippen LogP contribution < -0.4 is 9.47 Å². The van der Waals surface area contributed by atoms with Gasteiger partial charge in [-0.15, -0.1) is 0 Å². The largest absolute Gasteiger partial charge is 0.507 e. The van der Waals surface area contributed by atoms with Gasteiger partial charge >= 0.3 is 0 Å². The second-order valence-electron chi connectivity index (χ2n) is 5.74. The smallest absolute Gasteiger partial charge is 0.128 e. The molecule has 0 unspecified atom stereocenters. The van der Waals surface area contributed by atoms with Crippen LogP contribution in [0.15, 0.2) is 77.8 Å². The number of nitrogens with zero attached hydrogens (tertiary/aromatic N) is 1. The number of hydrogen-bond acceptors (Lipinski definition) is 4. The molecule has 132 valence electrons. The third-order valence-electron chi connectivity index (χ3n) is 3.64. The second-order valence-corrected chi connectivity index (χ2v) is 5.74. The van der Waals surface area contributed by atoms with Crippen molar-refractivity contribution in [2.24, 2.45) is 4.99 Å². The van der Waals surface area contributed by atoms with E-state index in [1.54, 1.807) is 18.3 Å². The lowest BCUT2D eigenvalue weighted by Gasteiger charge is -2.06. The summed E-state index contributed by atoms with van der Waals surface area (Å²) in [4.78, 5) is 4.40. The molecular formula is C22H21NO3. The van der Waals surface area contributed by atoms with E-state index in [9.17, 15) is 5.11 Å². The van der Waals surface area contributed by atoms with Crippen molar-refractivity contribution in [1.82, 2.24) is 0 Å². The number of rotatable bonds is 7. The molecule has 3 aromatic carbocycles. The van der Waals surface area contributed by atoms with Crippen LogP contribution in [0.2, 0.25) is 0 Å². The van der Waals surface area contributed by atoms with Gasteiger partial charge in [0, 0.05) is 17.8 Å². The van der Waals surface area contributed by atoms with Gasteiger partial charge in [0.1, 0.15) is 23.0 Å². The van der Waals surface area contributed by atoms with Gasteiger partial charge in [0.15, 0.2) is 0 Å². The van der Waals surface area contributed by atoms with Crippen LogP contribution in [0.3, 0.4) is 0 Å². The van der Waals surface area contributed by atoms with E-state index < -0.39 is 0 Å². The zero-order valence-corrected chi connectivity index (χ0v) is 14.6. The summed E-state index contributed by atoms with van der Waals surface area (Å²) in [6.45, 7) is 2.67. The minimum atomic E-state index is 0.145. The number of phenols is 1. The van der Waals surface area contributed by atoms with Gasteiger partial charge in [0.2, 0.25) is 0 Å². The Morgan fingerprint density at radius 1 is 0.885 bits per heavy atom. The highest BCUT2D eigenvalue weighted by Crippen LogP contribution is 2.25. The molecule has 0 saturated heterocycles. The molecule has 0 amide bonds. The maximum absolute atomic E-state index is 10.1. The molecule has 0 heterocycles. The summed E-state index contributed by atoms with van der Waals surface area (Å²) < 4.78 is 11.3. The number of aliphatic imine (C=N–C) groups is 1. The van der Waals surface area contributed by atoms with Crippen LogP contribution in [0, 0.1) is 0 Å². The lowest BCUT2D eigenvalue weighted by atomic mass is 10.2. The molecule has 0 aromatic heterocycles. The van der Waals surface area contributed by atoms with Crippen LogP contribution in [0.4, 0.5) is 5.69 Å². The fraction of sp³-hybridized carbons (Fsp3) is 0.136. The highest BCUT2D eigenvalue weighted by Gasteiger charge is 2.02. The standard InChI is InChI=1S/C22H21NO3/c1-2-14-25-21-11-8-17(22(24)15-21)16-23-18-9-12-20(13-10-18)26-19-6-4-3-5-7-19/h3-13,15-16,24H,2,14H2,1H3. The topological polar surface area (TPSA) is 51.0 Å². The van der Waals surface area contributed by atoms with Crippen LogP contribution in [0.5, 0.6) is 23.0 Å². The van der Waals surface area contributed by atoms with E-state index in [1.165, 1.54) is 0 Å². The Kier molecular flexibility index (Phi) is 5.88. The Labute approximate surface area is 153 Å². The first kappa shape index (κ1) is 17.5. The molecule has 3 rings (SSSR count). The van der Waals surface area contributed by atoms with Crippen molar-refractivity contribution in [3.05, 3.63) is 78.4 Å². The van der Waals surface area contributed by atoms with Crippen LogP contribution >= 0.6 is 0 Å². The normalized spacial score (nSPS) is 10.8. The van der Waals surface area contributed by atoms with E-state index in [4.69, 9.17) is 9.47 Å². The van der Waals surface area contributed by atoms with Crippen molar-refractivity contribution in [2.45, 2.75) is 13.3 Å². The summed E-state index contributed by atoms with van der Waals surface area (Å²) >= 11 is 0. The lowest BCUT2D eigenvalue weighted by Crippen LogP contribution is -1.95. The van der Waals surface area contributed by atoms with E-state index in [2.05, 4.69) is 4.99 Å². The Bertz CT molecular complexity index is 858. The molecule has 1 N–H and O–H groups in total. The van der Waals surface area contributed by atoms with E-state index in [1.807, 2.05) is 67.6 Å². The molecule has 3 aromatic rings. The fourth-order valence-electron chi connectivity index (χ4n) is 2.31. The maximum Gasteiger partial charge on any atom is 0.128 e. The maximum atomic E-state index is 10.1. The number of hydrogen-bond donors (Lipinski definition) is 1. The van der Waals surface area contributed by atoms with Gasteiger partial charge in [0.05, 0.1) is 12.3 Å². The zero-order valence-electron chi connectivity index (χ0n) is 14.6. The van der Waals surface area contributed by atoms with Gasteiger partial charge in [-0.2, -0.15) is 0 Å². The summed E-state index contributed by atoms with van der Waals surface area (Å²) in [5.74, 6) is 2.34. The number of benzene rings is 3. The Morgan fingerprint density at radius 2 is 1.58 bits per heavy atom. The molecule has 0 aliphatic carbocycles. The molecular weight excluding hydrogens is 326 g/mol. The third-order valence-corrected chi connectivity index (χ3v) is 3.64. The predicted molar refractivity (Wildman–Crippen MR) is 104 cm³/mol. The first-order chi connectivity index (χ1) is 12.7. The van der Waals surface area contributed by atoms with Crippen LogP contribution in [0.25, 0.3) is 0 Å². The molecule has 0 aliphatic heterocycles. The van der Waals surface area contributed by atoms with Crippen molar-refractivity contribution in [1.29, 1.82) is 0 Å². The van der Waals surface area contributed by atoms with Crippen molar-refractivity contribution in [3.63, 3.8) is 0 Å². The molecule has 0 radical (unpaired) electrons. The Hall–Kier alpha value is -3.27. The molecule has 0 saturated carbocycles. The van der Waals surface area contributed by atoms with Crippen LogP contribution in [0.1, 0.15) is 18.9 Å². The van der Waals surface area contributed by atoms with Gasteiger partial charge in [-0.3, -0.25) is 4.99 Å². The zero-order chi connectivity index (χ0) is 18.2. The summed E-state index contributed by atoms with van der Waals surface area (Å²) in [5, 5.41) is 10.1. The lowest BCUT2D eigenvalue weighted by molar-refractivity contribution is 0.315. The van der Waals surface area contributed by atoms with E-state index in [0.29, 0.717) is 17.9 Å². The van der Waals surface area contributed by atoms with E-state index in [-0.39, 0.29) is 5.75 Å². The molecule has 0 fully saturated rings. The van der Waals surface area contributed by atoms with E-state index in [0.717, 1.165) is 23.6 Å². The van der Waals surface area contributed by atoms with Crippen molar-refractivity contribution in [2.75, 3.05) is 6.61 Å². The minimum absolute atomic E-state index is 0.145. The SMILES string of the molecule is CCCOc1ccc(C=Nc2ccc(Oc3ccccc3)cc2)c(O)c1. The monoisotopic (exact) mass is 347 g/mol. The highest BCUT2D eigenvalue weighted by atomic mass is 16.5. The molecule has 0 spiro atoms. The van der Waals surface area contributed by atoms with Crippen molar-refractivity contribution in [3.8, 4) is 23.0 Å². The number of phenolic OH excluding ortho intramolecular Hbond substituents is 1. The predicted octanol–water partition coefficient (Wildman–Crippen LogP) is 5.72. The second kappa shape index (κ2) is 8.72. The van der Waals surface area contributed by atoms with Crippen LogP contribution in [-0.2, 0) is 0 Å². The number of para-hydroxylation sites is 1. The van der Waals surface area contributed by atoms with Crippen molar-refractivity contribution < 1.29 is 14.6 Å². The van der Waals surface area contributed by atoms with E-state index >= 15 is 0 Å². The quantitative estimate of drug-likeness (QED) is 0.556. The first-order valence-electron chi connectivity index (χ1n) is 8.57. The average Bonchev–Trinajstić information content (AvgIpc) is 2.67. The first-order valence-corrected chi connectivity index (χ1v) is 8.57. The molecule has 4 heteroatoms. The van der Waals surface area contributed by atoms with Gasteiger partial charge < -0.3 is 14.6 Å². The molecule has 0 aliphatic rings. The van der Waals surface area contributed by atoms with Gasteiger partial charge in [-0.05, 0) is 55.0 Å². The molecule has 0 bridgehead atoms. The number of aromatic hydroxyl groups is 1. The Morgan fingerprint density at radius 3 is 2.27 bits per heavy atom. The summed E-state index contributed by atoms with van der Waals surface area (Å²) in [7, 11) is 0.